The Morgan fingerprint density at radius 1 is 1.00 bits per heavy atom. The molecule has 1 N–H and O–H groups in total. The number of ether oxygens (including phenoxy) is 1. The van der Waals surface area contributed by atoms with Crippen LogP contribution in [0.15, 0.2) is 4.99 Å². The van der Waals surface area contributed by atoms with Gasteiger partial charge in [0.05, 0.1) is 6.61 Å². The van der Waals surface area contributed by atoms with Gasteiger partial charge in [-0.2, -0.15) is 0 Å². The number of carbonyl (C=O) groups is 2. The van der Waals surface area contributed by atoms with Gasteiger partial charge in [-0.05, 0) is 19.3 Å². The summed E-state index contributed by atoms with van der Waals surface area (Å²) in [5.74, 6) is 0.274. The van der Waals surface area contributed by atoms with Gasteiger partial charge in [-0.25, -0.2) is 9.59 Å². The highest BCUT2D eigenvalue weighted by atomic mass is 16.5. The minimum atomic E-state index is -0.649. The van der Waals surface area contributed by atoms with E-state index < -0.39 is 6.09 Å². The minimum Gasteiger partial charge on any atom is -0.448 e. The summed E-state index contributed by atoms with van der Waals surface area (Å²) >= 11 is 0. The van der Waals surface area contributed by atoms with Gasteiger partial charge in [-0.1, -0.05) is 58.3 Å². The molecule has 0 radical (unpaired) electrons. The van der Waals surface area contributed by atoms with Crippen LogP contribution < -0.4 is 5.32 Å². The predicted molar refractivity (Wildman–Crippen MR) is 109 cm³/mol. The van der Waals surface area contributed by atoms with Crippen molar-refractivity contribution >= 4 is 18.1 Å². The average Bonchev–Trinajstić information content (AvgIpc) is 2.65. The number of hydrogen-bond acceptors (Lipinski definition) is 3. The number of amides is 3. The summed E-state index contributed by atoms with van der Waals surface area (Å²) in [6.07, 6.45) is 11.7. The van der Waals surface area contributed by atoms with Gasteiger partial charge in [0.1, 0.15) is 0 Å². The van der Waals surface area contributed by atoms with Crippen LogP contribution in [0.25, 0.3) is 0 Å². The number of unbranched alkanes of at least 4 members (excludes halogenated alkanes) is 5. The number of nitrogens with one attached hydrogen (secondary N) is 1. The first-order valence-electron chi connectivity index (χ1n) is 10.4. The van der Waals surface area contributed by atoms with Crippen molar-refractivity contribution in [2.45, 2.75) is 83.6 Å². The van der Waals surface area contributed by atoms with E-state index in [4.69, 9.17) is 4.74 Å². The summed E-state index contributed by atoms with van der Waals surface area (Å²) in [4.78, 5) is 31.5. The Labute approximate surface area is 164 Å². The molecular formula is C20H38N4O3. The van der Waals surface area contributed by atoms with Crippen molar-refractivity contribution in [3.63, 3.8) is 0 Å². The Bertz CT molecular complexity index is 474. The lowest BCUT2D eigenvalue weighted by Crippen LogP contribution is -2.50. The van der Waals surface area contributed by atoms with E-state index in [1.54, 1.807) is 26.0 Å². The van der Waals surface area contributed by atoms with Gasteiger partial charge in [0, 0.05) is 27.2 Å². The topological polar surface area (TPSA) is 74.2 Å². The molecule has 0 saturated heterocycles. The van der Waals surface area contributed by atoms with Gasteiger partial charge in [0.2, 0.25) is 5.96 Å². The molecule has 27 heavy (non-hydrogen) atoms. The van der Waals surface area contributed by atoms with Crippen LogP contribution >= 0.6 is 0 Å². The fraction of sp³-hybridized carbons (Fsp3) is 0.850. The first kappa shape index (κ1) is 23.2. The summed E-state index contributed by atoms with van der Waals surface area (Å²) in [5, 5.41) is 3.03. The zero-order valence-corrected chi connectivity index (χ0v) is 17.6. The van der Waals surface area contributed by atoms with Gasteiger partial charge in [-0.15, -0.1) is 4.99 Å². The highest BCUT2D eigenvalue weighted by molar-refractivity contribution is 5.99. The van der Waals surface area contributed by atoms with Gasteiger partial charge in [0.25, 0.3) is 0 Å². The van der Waals surface area contributed by atoms with Gasteiger partial charge in [0.15, 0.2) is 0 Å². The standard InChI is InChI=1S/C20H38N4O3/c1-5-6-7-8-9-13-16-27-20(26)22-18(23(2)3)24(4)19(25)21-17-14-11-10-12-15-17/h17H,5-16H2,1-4H3,(H,21,25). The van der Waals surface area contributed by atoms with E-state index in [-0.39, 0.29) is 18.0 Å². The zero-order valence-electron chi connectivity index (χ0n) is 17.6. The van der Waals surface area contributed by atoms with Crippen molar-refractivity contribution in [2.24, 2.45) is 4.99 Å². The number of rotatable bonds is 8. The van der Waals surface area contributed by atoms with Crippen LogP contribution in [-0.4, -0.2) is 61.7 Å². The molecule has 1 aliphatic rings. The van der Waals surface area contributed by atoms with Gasteiger partial charge in [-0.3, -0.25) is 4.90 Å². The molecule has 3 amide bonds. The number of hydrogen-bond donors (Lipinski definition) is 1. The molecule has 1 aliphatic carbocycles. The second-order valence-corrected chi connectivity index (χ2v) is 7.53. The summed E-state index contributed by atoms with van der Waals surface area (Å²) < 4.78 is 5.20. The number of aliphatic imine (C=N–C) groups is 1. The Morgan fingerprint density at radius 3 is 2.26 bits per heavy atom. The molecule has 0 aliphatic heterocycles. The van der Waals surface area contributed by atoms with E-state index in [0.29, 0.717) is 6.61 Å². The van der Waals surface area contributed by atoms with Crippen molar-refractivity contribution in [3.8, 4) is 0 Å². The molecule has 7 nitrogen and oxygen atoms in total. The molecular weight excluding hydrogens is 344 g/mol. The molecule has 0 bridgehead atoms. The fourth-order valence-corrected chi connectivity index (χ4v) is 3.24. The molecule has 0 spiro atoms. The van der Waals surface area contributed by atoms with Crippen LogP contribution in [0.3, 0.4) is 0 Å². The Morgan fingerprint density at radius 2 is 1.63 bits per heavy atom. The normalized spacial score (nSPS) is 15.3. The third-order valence-corrected chi connectivity index (χ3v) is 4.85. The average molecular weight is 383 g/mol. The van der Waals surface area contributed by atoms with Crippen LogP contribution in [0.4, 0.5) is 9.59 Å². The quantitative estimate of drug-likeness (QED) is 0.384. The van der Waals surface area contributed by atoms with Gasteiger partial charge >= 0.3 is 12.1 Å². The van der Waals surface area contributed by atoms with E-state index in [1.165, 1.54) is 37.0 Å². The lowest BCUT2D eigenvalue weighted by molar-refractivity contribution is 0.154. The summed E-state index contributed by atoms with van der Waals surface area (Å²) in [6, 6.07) is -0.0325. The minimum absolute atomic E-state index is 0.205. The maximum absolute atomic E-state index is 12.5. The zero-order chi connectivity index (χ0) is 20.1. The summed E-state index contributed by atoms with van der Waals surface area (Å²) in [6.45, 7) is 2.56. The third kappa shape index (κ3) is 9.63. The molecule has 156 valence electrons. The second kappa shape index (κ2) is 13.4. The van der Waals surface area contributed by atoms with Crippen LogP contribution in [0.2, 0.25) is 0 Å². The number of carbonyl (C=O) groups excluding carboxylic acids is 2. The molecule has 0 atom stereocenters. The fourth-order valence-electron chi connectivity index (χ4n) is 3.24. The monoisotopic (exact) mass is 382 g/mol. The smallest absolute Gasteiger partial charge is 0.436 e. The van der Waals surface area contributed by atoms with Crippen LogP contribution in [-0.2, 0) is 4.74 Å². The molecule has 0 aromatic rings. The molecule has 0 heterocycles. The predicted octanol–water partition coefficient (Wildman–Crippen LogP) is 4.38. The van der Waals surface area contributed by atoms with E-state index in [0.717, 1.165) is 38.5 Å². The molecule has 1 rings (SSSR count). The highest BCUT2D eigenvalue weighted by Gasteiger charge is 2.22. The maximum atomic E-state index is 12.5. The molecule has 0 aromatic carbocycles. The Hall–Kier alpha value is -1.79. The van der Waals surface area contributed by atoms with Crippen LogP contribution in [0.1, 0.15) is 77.6 Å². The van der Waals surface area contributed by atoms with Crippen LogP contribution in [0, 0.1) is 0 Å². The lowest BCUT2D eigenvalue weighted by atomic mass is 9.96. The van der Waals surface area contributed by atoms with E-state index in [1.807, 2.05) is 0 Å². The number of nitrogens with zero attached hydrogens (tertiary/aromatic N) is 3. The Kier molecular flexibility index (Phi) is 11.5. The second-order valence-electron chi connectivity index (χ2n) is 7.53. The SMILES string of the molecule is CCCCCCCCOC(=O)N=C(N(C)C)N(C)C(=O)NC1CCCCC1. The largest absolute Gasteiger partial charge is 0.448 e. The molecule has 0 unspecified atom stereocenters. The number of urea groups is 1. The van der Waals surface area contributed by atoms with Crippen molar-refractivity contribution in [2.75, 3.05) is 27.7 Å². The van der Waals surface area contributed by atoms with Crippen molar-refractivity contribution < 1.29 is 14.3 Å². The van der Waals surface area contributed by atoms with Crippen molar-refractivity contribution in [1.29, 1.82) is 0 Å². The molecule has 0 aromatic heterocycles. The van der Waals surface area contributed by atoms with E-state index in [2.05, 4.69) is 17.2 Å². The van der Waals surface area contributed by atoms with Crippen LogP contribution in [0.5, 0.6) is 0 Å². The van der Waals surface area contributed by atoms with Crippen molar-refractivity contribution in [3.05, 3.63) is 0 Å². The number of guanidine groups is 1. The molecule has 1 saturated carbocycles. The third-order valence-electron chi connectivity index (χ3n) is 4.85. The first-order chi connectivity index (χ1) is 13.0. The summed E-state index contributed by atoms with van der Waals surface area (Å²) in [5.41, 5.74) is 0. The van der Waals surface area contributed by atoms with Gasteiger partial charge < -0.3 is 15.0 Å². The lowest BCUT2D eigenvalue weighted by Gasteiger charge is -2.28. The molecule has 1 fully saturated rings. The highest BCUT2D eigenvalue weighted by Crippen LogP contribution is 2.17. The van der Waals surface area contributed by atoms with E-state index in [9.17, 15) is 9.59 Å². The van der Waals surface area contributed by atoms with Crippen molar-refractivity contribution in [1.82, 2.24) is 15.1 Å². The summed E-state index contributed by atoms with van der Waals surface area (Å²) in [7, 11) is 5.13. The molecule has 7 heteroatoms. The first-order valence-corrected chi connectivity index (χ1v) is 10.4. The maximum Gasteiger partial charge on any atom is 0.436 e. The van der Waals surface area contributed by atoms with E-state index >= 15 is 0 Å². The Balaban J connectivity index is 2.44.